The minimum Gasteiger partial charge on any atom is -0.295 e. The monoisotopic (exact) mass is 272 g/mol. The molecular formula is C15H16N2OS. The summed E-state index contributed by atoms with van der Waals surface area (Å²) in [5.74, 6) is 2.17. The number of Topliss-reactive ketones (excluding diaryl/α,β-unsaturated/α-hetero) is 1. The molecule has 1 atom stereocenters. The van der Waals surface area contributed by atoms with Crippen molar-refractivity contribution in [1.29, 1.82) is 0 Å². The van der Waals surface area contributed by atoms with Gasteiger partial charge in [-0.1, -0.05) is 18.2 Å². The number of aromatic nitrogens is 1. The number of carbonyl (C=O) groups is 1. The highest BCUT2D eigenvalue weighted by Crippen LogP contribution is 2.22. The molecule has 3 nitrogen and oxygen atoms in total. The first-order chi connectivity index (χ1) is 9.27. The molecule has 98 valence electrons. The Labute approximate surface area is 117 Å². The third-order valence-electron chi connectivity index (χ3n) is 3.60. The van der Waals surface area contributed by atoms with Crippen LogP contribution in [-0.4, -0.2) is 46.8 Å². The highest BCUT2D eigenvalue weighted by Gasteiger charge is 2.28. The summed E-state index contributed by atoms with van der Waals surface area (Å²) in [5.41, 5.74) is 1.57. The van der Waals surface area contributed by atoms with E-state index in [0.29, 0.717) is 0 Å². The van der Waals surface area contributed by atoms with Crippen LogP contribution in [0.15, 0.2) is 36.5 Å². The molecule has 19 heavy (non-hydrogen) atoms. The maximum Gasteiger partial charge on any atom is 0.182 e. The van der Waals surface area contributed by atoms with Crippen molar-refractivity contribution < 1.29 is 4.79 Å². The molecule has 3 rings (SSSR count). The zero-order valence-corrected chi connectivity index (χ0v) is 11.7. The number of carbonyl (C=O) groups excluding carboxylic acids is 1. The molecule has 1 aromatic carbocycles. The van der Waals surface area contributed by atoms with Crippen LogP contribution in [0.4, 0.5) is 0 Å². The molecule has 0 saturated carbocycles. The molecule has 0 spiro atoms. The Balaban J connectivity index is 2.01. The molecular weight excluding hydrogens is 256 g/mol. The van der Waals surface area contributed by atoms with Crippen molar-refractivity contribution in [3.8, 4) is 0 Å². The van der Waals surface area contributed by atoms with E-state index in [9.17, 15) is 4.79 Å². The summed E-state index contributed by atoms with van der Waals surface area (Å²) in [7, 11) is 2.03. The number of benzene rings is 1. The summed E-state index contributed by atoms with van der Waals surface area (Å²) in [6.07, 6.45) is 1.75. The molecule has 1 saturated heterocycles. The van der Waals surface area contributed by atoms with Gasteiger partial charge in [0.15, 0.2) is 5.78 Å². The van der Waals surface area contributed by atoms with Crippen LogP contribution in [0.3, 0.4) is 0 Å². The summed E-state index contributed by atoms with van der Waals surface area (Å²) in [4.78, 5) is 19.3. The molecule has 2 aromatic rings. The van der Waals surface area contributed by atoms with Crippen molar-refractivity contribution in [3.63, 3.8) is 0 Å². The molecule has 0 N–H and O–H groups in total. The molecule has 0 bridgehead atoms. The predicted molar refractivity (Wildman–Crippen MR) is 79.8 cm³/mol. The Bertz CT molecular complexity index is 609. The summed E-state index contributed by atoms with van der Waals surface area (Å²) in [5, 5.41) is 1.03. The zero-order valence-electron chi connectivity index (χ0n) is 10.9. The van der Waals surface area contributed by atoms with E-state index in [4.69, 9.17) is 0 Å². The fourth-order valence-electron chi connectivity index (χ4n) is 2.44. The van der Waals surface area contributed by atoms with Crippen molar-refractivity contribution >= 4 is 28.4 Å². The maximum atomic E-state index is 12.7. The van der Waals surface area contributed by atoms with E-state index in [2.05, 4.69) is 9.88 Å². The Morgan fingerprint density at radius 1 is 1.37 bits per heavy atom. The second-order valence-electron chi connectivity index (χ2n) is 4.82. The number of fused-ring (bicyclic) bond motifs is 1. The SMILES string of the molecule is CN1CCSCC1C(=O)c1cccc2cccnc12. The molecule has 1 aliphatic rings. The lowest BCUT2D eigenvalue weighted by Crippen LogP contribution is -2.44. The van der Waals surface area contributed by atoms with Crippen LogP contribution in [-0.2, 0) is 0 Å². The van der Waals surface area contributed by atoms with Crippen LogP contribution in [0.5, 0.6) is 0 Å². The van der Waals surface area contributed by atoms with Gasteiger partial charge in [-0.05, 0) is 19.2 Å². The van der Waals surface area contributed by atoms with Gasteiger partial charge in [0.05, 0.1) is 11.6 Å². The number of rotatable bonds is 2. The molecule has 1 fully saturated rings. The number of pyridine rings is 1. The lowest BCUT2D eigenvalue weighted by Gasteiger charge is -2.31. The normalized spacial score (nSPS) is 20.6. The molecule has 4 heteroatoms. The first kappa shape index (κ1) is 12.6. The van der Waals surface area contributed by atoms with Gasteiger partial charge in [0.1, 0.15) is 0 Å². The topological polar surface area (TPSA) is 33.2 Å². The quantitative estimate of drug-likeness (QED) is 0.786. The van der Waals surface area contributed by atoms with Gasteiger partial charge in [0.2, 0.25) is 0 Å². The van der Waals surface area contributed by atoms with E-state index >= 15 is 0 Å². The third-order valence-corrected chi connectivity index (χ3v) is 4.62. The van der Waals surface area contributed by atoms with Crippen molar-refractivity contribution in [3.05, 3.63) is 42.1 Å². The molecule has 1 aliphatic heterocycles. The standard InChI is InChI=1S/C15H16N2OS/c1-17-8-9-19-10-13(17)15(18)12-6-2-4-11-5-3-7-16-14(11)12/h2-7,13H,8-10H2,1H3. The van der Waals surface area contributed by atoms with Gasteiger partial charge < -0.3 is 0 Å². The Morgan fingerprint density at radius 3 is 3.05 bits per heavy atom. The van der Waals surface area contributed by atoms with Crippen molar-refractivity contribution in [2.75, 3.05) is 25.1 Å². The average Bonchev–Trinajstić information content (AvgIpc) is 2.46. The number of hydrogen-bond acceptors (Lipinski definition) is 4. The fraction of sp³-hybridized carbons (Fsp3) is 0.333. The molecule has 2 heterocycles. The van der Waals surface area contributed by atoms with Crippen LogP contribution in [0.25, 0.3) is 10.9 Å². The zero-order chi connectivity index (χ0) is 13.2. The molecule has 1 unspecified atom stereocenters. The number of ketones is 1. The van der Waals surface area contributed by atoms with Crippen molar-refractivity contribution in [2.24, 2.45) is 0 Å². The lowest BCUT2D eigenvalue weighted by atomic mass is 10.0. The predicted octanol–water partition coefficient (Wildman–Crippen LogP) is 2.46. The van der Waals surface area contributed by atoms with Crippen LogP contribution in [0.2, 0.25) is 0 Å². The summed E-state index contributed by atoms with van der Waals surface area (Å²) < 4.78 is 0. The van der Waals surface area contributed by atoms with E-state index in [-0.39, 0.29) is 11.8 Å². The second kappa shape index (κ2) is 5.31. The summed E-state index contributed by atoms with van der Waals surface area (Å²) in [6, 6.07) is 9.71. The maximum absolute atomic E-state index is 12.7. The first-order valence-electron chi connectivity index (χ1n) is 6.43. The van der Waals surface area contributed by atoms with Gasteiger partial charge in [0.25, 0.3) is 0 Å². The molecule has 0 amide bonds. The lowest BCUT2D eigenvalue weighted by molar-refractivity contribution is 0.0876. The van der Waals surface area contributed by atoms with E-state index in [0.717, 1.165) is 34.5 Å². The van der Waals surface area contributed by atoms with Gasteiger partial charge in [-0.2, -0.15) is 11.8 Å². The molecule has 0 aliphatic carbocycles. The van der Waals surface area contributed by atoms with Gasteiger partial charge in [-0.15, -0.1) is 0 Å². The van der Waals surface area contributed by atoms with E-state index in [1.165, 1.54) is 0 Å². The van der Waals surface area contributed by atoms with Gasteiger partial charge in [0, 0.05) is 35.2 Å². The van der Waals surface area contributed by atoms with E-state index < -0.39 is 0 Å². The van der Waals surface area contributed by atoms with Crippen molar-refractivity contribution in [1.82, 2.24) is 9.88 Å². The molecule has 0 radical (unpaired) electrons. The smallest absolute Gasteiger partial charge is 0.182 e. The minimum absolute atomic E-state index is 0.0219. The summed E-state index contributed by atoms with van der Waals surface area (Å²) >= 11 is 1.85. The highest BCUT2D eigenvalue weighted by atomic mass is 32.2. The number of likely N-dealkylation sites (N-methyl/N-ethyl adjacent to an activating group) is 1. The van der Waals surface area contributed by atoms with Crippen LogP contribution < -0.4 is 0 Å². The number of hydrogen-bond donors (Lipinski definition) is 0. The largest absolute Gasteiger partial charge is 0.295 e. The Kier molecular flexibility index (Phi) is 3.53. The first-order valence-corrected chi connectivity index (χ1v) is 7.59. The number of nitrogens with zero attached hydrogens (tertiary/aromatic N) is 2. The molecule has 1 aromatic heterocycles. The number of thioether (sulfide) groups is 1. The highest BCUT2D eigenvalue weighted by molar-refractivity contribution is 7.99. The van der Waals surface area contributed by atoms with Gasteiger partial charge in [-0.25, -0.2) is 0 Å². The van der Waals surface area contributed by atoms with Crippen LogP contribution in [0, 0.1) is 0 Å². The Morgan fingerprint density at radius 2 is 2.21 bits per heavy atom. The van der Waals surface area contributed by atoms with Gasteiger partial charge >= 0.3 is 0 Å². The van der Waals surface area contributed by atoms with Crippen LogP contribution >= 0.6 is 11.8 Å². The average molecular weight is 272 g/mol. The third kappa shape index (κ3) is 2.38. The fourth-order valence-corrected chi connectivity index (χ4v) is 3.66. The van der Waals surface area contributed by atoms with Crippen molar-refractivity contribution in [2.45, 2.75) is 6.04 Å². The minimum atomic E-state index is -0.0219. The van der Waals surface area contributed by atoms with Crippen LogP contribution in [0.1, 0.15) is 10.4 Å². The van der Waals surface area contributed by atoms with E-state index in [1.807, 2.05) is 49.1 Å². The summed E-state index contributed by atoms with van der Waals surface area (Å²) in [6.45, 7) is 0.971. The Hall–Kier alpha value is -1.39. The van der Waals surface area contributed by atoms with E-state index in [1.54, 1.807) is 6.20 Å². The number of para-hydroxylation sites is 1. The van der Waals surface area contributed by atoms with Gasteiger partial charge in [-0.3, -0.25) is 14.7 Å². The second-order valence-corrected chi connectivity index (χ2v) is 5.97.